The molecule has 2 amide bonds. The minimum absolute atomic E-state index is 0.0761. The second-order valence-electron chi connectivity index (χ2n) is 6.40. The van der Waals surface area contributed by atoms with E-state index in [4.69, 9.17) is 22.1 Å². The molecule has 0 aliphatic carbocycles. The molecule has 0 aliphatic heterocycles. The Hall–Kier alpha value is -3.24. The van der Waals surface area contributed by atoms with Gasteiger partial charge in [-0.15, -0.1) is 11.3 Å². The molecule has 0 saturated heterocycles. The van der Waals surface area contributed by atoms with Crippen molar-refractivity contribution in [2.24, 2.45) is 5.73 Å². The van der Waals surface area contributed by atoms with Crippen molar-refractivity contribution in [2.75, 3.05) is 5.32 Å². The first-order chi connectivity index (χ1) is 14.2. The molecular weight excluding hydrogens is 430 g/mol. The number of halogens is 1. The maximum absolute atomic E-state index is 12.6. The van der Waals surface area contributed by atoms with Gasteiger partial charge in [-0.25, -0.2) is 14.5 Å². The van der Waals surface area contributed by atoms with Crippen LogP contribution in [0, 0.1) is 13.8 Å². The number of rotatable bonds is 6. The van der Waals surface area contributed by atoms with E-state index in [1.807, 2.05) is 19.9 Å². The molecule has 3 heterocycles. The average Bonchev–Trinajstić information content (AvgIpc) is 3.27. The summed E-state index contributed by atoms with van der Waals surface area (Å²) in [4.78, 5) is 40.6. The number of ether oxygens (including phenoxy) is 1. The number of amides is 2. The van der Waals surface area contributed by atoms with Gasteiger partial charge in [0.25, 0.3) is 11.8 Å². The molecule has 0 aliphatic rings. The van der Waals surface area contributed by atoms with Crippen molar-refractivity contribution in [3.63, 3.8) is 0 Å². The number of nitrogens with two attached hydrogens (primary N) is 1. The van der Waals surface area contributed by atoms with Gasteiger partial charge >= 0.3 is 5.97 Å². The molecule has 3 rings (SSSR count). The van der Waals surface area contributed by atoms with Crippen LogP contribution < -0.4 is 11.1 Å². The molecular formula is C19H18ClN5O4S. The van der Waals surface area contributed by atoms with Crippen LogP contribution >= 0.6 is 22.9 Å². The summed E-state index contributed by atoms with van der Waals surface area (Å²) in [6.45, 7) is 5.08. The van der Waals surface area contributed by atoms with Crippen molar-refractivity contribution in [3.8, 4) is 5.82 Å². The van der Waals surface area contributed by atoms with Gasteiger partial charge in [0, 0.05) is 5.69 Å². The molecule has 3 aromatic heterocycles. The van der Waals surface area contributed by atoms with Crippen molar-refractivity contribution in [3.05, 3.63) is 57.3 Å². The molecule has 0 saturated carbocycles. The normalized spacial score (nSPS) is 11.7. The quantitative estimate of drug-likeness (QED) is 0.559. The number of aromatic nitrogens is 3. The first kappa shape index (κ1) is 21.5. The standard InChI is InChI=1S/C19H18ClN5O4S/c1-9-8-10(2)25(24-9)14-5-4-13(20)15(22-14)19(28)29-11(3)17(27)23-18-12(16(21)26)6-7-30-18/h4-8,11H,1-3H3,(H2,21,26)(H,23,27). The summed E-state index contributed by atoms with van der Waals surface area (Å²) in [6.07, 6.45) is -1.17. The lowest BCUT2D eigenvalue weighted by molar-refractivity contribution is -0.123. The number of anilines is 1. The molecule has 0 aromatic carbocycles. The van der Waals surface area contributed by atoms with Gasteiger partial charge in [-0.05, 0) is 50.4 Å². The highest BCUT2D eigenvalue weighted by Gasteiger charge is 2.24. The lowest BCUT2D eigenvalue weighted by Gasteiger charge is -2.14. The summed E-state index contributed by atoms with van der Waals surface area (Å²) in [6, 6.07) is 6.49. The molecule has 0 bridgehead atoms. The first-order valence-corrected chi connectivity index (χ1v) is 10.0. The van der Waals surface area contributed by atoms with Crippen LogP contribution in [-0.2, 0) is 9.53 Å². The molecule has 3 aromatic rings. The Bertz CT molecular complexity index is 1140. The van der Waals surface area contributed by atoms with Crippen molar-refractivity contribution < 1.29 is 19.1 Å². The Morgan fingerprint density at radius 2 is 2.00 bits per heavy atom. The van der Waals surface area contributed by atoms with E-state index in [9.17, 15) is 14.4 Å². The molecule has 0 fully saturated rings. The van der Waals surface area contributed by atoms with Gasteiger partial charge in [0.15, 0.2) is 17.6 Å². The van der Waals surface area contributed by atoms with Gasteiger partial charge in [-0.1, -0.05) is 11.6 Å². The number of nitrogens with one attached hydrogen (secondary N) is 1. The zero-order chi connectivity index (χ0) is 22.0. The van der Waals surface area contributed by atoms with Crippen LogP contribution in [0.4, 0.5) is 5.00 Å². The number of hydrogen-bond donors (Lipinski definition) is 2. The van der Waals surface area contributed by atoms with Crippen LogP contribution in [0.25, 0.3) is 5.82 Å². The summed E-state index contributed by atoms with van der Waals surface area (Å²) in [5.41, 5.74) is 6.91. The van der Waals surface area contributed by atoms with Gasteiger partial charge in [0.2, 0.25) is 0 Å². The van der Waals surface area contributed by atoms with E-state index in [0.717, 1.165) is 22.7 Å². The van der Waals surface area contributed by atoms with E-state index < -0.39 is 23.9 Å². The lowest BCUT2D eigenvalue weighted by Crippen LogP contribution is -2.30. The fourth-order valence-corrected chi connectivity index (χ4v) is 3.62. The van der Waals surface area contributed by atoms with Crippen LogP contribution in [0.3, 0.4) is 0 Å². The van der Waals surface area contributed by atoms with Crippen LogP contribution in [0.15, 0.2) is 29.6 Å². The number of primary amides is 1. The summed E-state index contributed by atoms with van der Waals surface area (Å²) >= 11 is 7.24. The minimum Gasteiger partial charge on any atom is -0.448 e. The maximum Gasteiger partial charge on any atom is 0.359 e. The SMILES string of the molecule is Cc1cc(C)n(-c2ccc(Cl)c(C(=O)OC(C)C(=O)Nc3sccc3C(N)=O)n2)n1. The van der Waals surface area contributed by atoms with Crippen LogP contribution in [-0.4, -0.2) is 38.7 Å². The number of pyridine rings is 1. The number of esters is 1. The van der Waals surface area contributed by atoms with Crippen molar-refractivity contribution in [2.45, 2.75) is 26.9 Å². The number of carbonyl (C=O) groups is 3. The Kier molecular flexibility index (Phi) is 6.18. The van der Waals surface area contributed by atoms with E-state index in [0.29, 0.717) is 5.82 Å². The maximum atomic E-state index is 12.6. The molecule has 9 nitrogen and oxygen atoms in total. The van der Waals surface area contributed by atoms with Gasteiger partial charge < -0.3 is 15.8 Å². The van der Waals surface area contributed by atoms with E-state index in [1.165, 1.54) is 19.1 Å². The van der Waals surface area contributed by atoms with E-state index >= 15 is 0 Å². The Balaban J connectivity index is 1.75. The van der Waals surface area contributed by atoms with Gasteiger partial charge in [0.1, 0.15) is 5.00 Å². The predicted molar refractivity (Wildman–Crippen MR) is 112 cm³/mol. The molecule has 1 unspecified atom stereocenters. The minimum atomic E-state index is -1.17. The fraction of sp³-hybridized carbons (Fsp3) is 0.211. The highest BCUT2D eigenvalue weighted by Crippen LogP contribution is 2.23. The number of carbonyl (C=O) groups excluding carboxylic acids is 3. The molecule has 11 heteroatoms. The van der Waals surface area contributed by atoms with Crippen LogP contribution in [0.2, 0.25) is 5.02 Å². The Morgan fingerprint density at radius 3 is 2.63 bits per heavy atom. The van der Waals surface area contributed by atoms with Gasteiger partial charge in [-0.2, -0.15) is 5.10 Å². The lowest BCUT2D eigenvalue weighted by atomic mass is 10.3. The molecule has 30 heavy (non-hydrogen) atoms. The molecule has 156 valence electrons. The van der Waals surface area contributed by atoms with Crippen molar-refractivity contribution in [1.29, 1.82) is 0 Å². The second kappa shape index (κ2) is 8.64. The summed E-state index contributed by atoms with van der Waals surface area (Å²) in [5.74, 6) is -1.78. The zero-order valence-electron chi connectivity index (χ0n) is 16.3. The van der Waals surface area contributed by atoms with Crippen molar-refractivity contribution >= 4 is 45.7 Å². The fourth-order valence-electron chi connectivity index (χ4n) is 2.64. The highest BCUT2D eigenvalue weighted by molar-refractivity contribution is 7.14. The second-order valence-corrected chi connectivity index (χ2v) is 7.73. The predicted octanol–water partition coefficient (Wildman–Crippen LogP) is 2.88. The number of nitrogens with zero attached hydrogens (tertiary/aromatic N) is 3. The topological polar surface area (TPSA) is 129 Å². The van der Waals surface area contributed by atoms with E-state index in [1.54, 1.807) is 16.1 Å². The average molecular weight is 448 g/mol. The Labute approximate surface area is 180 Å². The third-order valence-corrected chi connectivity index (χ3v) is 5.21. The first-order valence-electron chi connectivity index (χ1n) is 8.76. The van der Waals surface area contributed by atoms with Crippen LogP contribution in [0.5, 0.6) is 0 Å². The van der Waals surface area contributed by atoms with Crippen molar-refractivity contribution in [1.82, 2.24) is 14.8 Å². The number of aryl methyl sites for hydroxylation is 2. The summed E-state index contributed by atoms with van der Waals surface area (Å²) in [7, 11) is 0. The number of hydrogen-bond acceptors (Lipinski definition) is 7. The zero-order valence-corrected chi connectivity index (χ0v) is 17.9. The molecule has 3 N–H and O–H groups in total. The van der Waals surface area contributed by atoms with E-state index in [2.05, 4.69) is 15.4 Å². The molecule has 1 atom stereocenters. The molecule has 0 spiro atoms. The third-order valence-electron chi connectivity index (χ3n) is 4.07. The third kappa shape index (κ3) is 4.50. The Morgan fingerprint density at radius 1 is 1.27 bits per heavy atom. The highest BCUT2D eigenvalue weighted by atomic mass is 35.5. The smallest absolute Gasteiger partial charge is 0.359 e. The number of thiophene rings is 1. The largest absolute Gasteiger partial charge is 0.448 e. The van der Waals surface area contributed by atoms with E-state index in [-0.39, 0.29) is 21.3 Å². The van der Waals surface area contributed by atoms with Gasteiger partial charge in [0.05, 0.1) is 16.3 Å². The van der Waals surface area contributed by atoms with Crippen LogP contribution in [0.1, 0.15) is 39.2 Å². The summed E-state index contributed by atoms with van der Waals surface area (Å²) < 4.78 is 6.79. The summed E-state index contributed by atoms with van der Waals surface area (Å²) in [5, 5.41) is 8.81. The monoisotopic (exact) mass is 447 g/mol. The van der Waals surface area contributed by atoms with Gasteiger partial charge in [-0.3, -0.25) is 9.59 Å². The molecule has 0 radical (unpaired) electrons.